The maximum absolute atomic E-state index is 11.3. The molecule has 0 aliphatic heterocycles. The van der Waals surface area contributed by atoms with Gasteiger partial charge in [0.05, 0.1) is 7.11 Å². The SMILES string of the molecule is C=C(C(=O)OC)C(C)c1ccccc1C. The number of methoxy groups -OCH3 is 1. The fraction of sp³-hybridized carbons (Fsp3) is 0.308. The quantitative estimate of drug-likeness (QED) is 0.559. The summed E-state index contributed by atoms with van der Waals surface area (Å²) in [6, 6.07) is 7.97. The first-order chi connectivity index (χ1) is 7.07. The summed E-state index contributed by atoms with van der Waals surface area (Å²) in [5.41, 5.74) is 2.77. The van der Waals surface area contributed by atoms with E-state index in [1.165, 1.54) is 7.11 Å². The molecule has 0 aromatic heterocycles. The summed E-state index contributed by atoms with van der Waals surface area (Å²) < 4.78 is 4.66. The fourth-order valence-corrected chi connectivity index (χ4v) is 1.57. The molecular weight excluding hydrogens is 188 g/mol. The van der Waals surface area contributed by atoms with Gasteiger partial charge in [-0.25, -0.2) is 4.79 Å². The Hall–Kier alpha value is -1.57. The number of aryl methyl sites for hydroxylation is 1. The molecular formula is C13H16O2. The molecule has 1 aromatic rings. The average molecular weight is 204 g/mol. The van der Waals surface area contributed by atoms with Crippen molar-refractivity contribution in [3.05, 3.63) is 47.5 Å². The molecule has 2 heteroatoms. The zero-order valence-corrected chi connectivity index (χ0v) is 9.41. The summed E-state index contributed by atoms with van der Waals surface area (Å²) in [4.78, 5) is 11.3. The smallest absolute Gasteiger partial charge is 0.333 e. The lowest BCUT2D eigenvalue weighted by atomic mass is 9.91. The monoisotopic (exact) mass is 204 g/mol. The molecule has 2 nitrogen and oxygen atoms in total. The van der Waals surface area contributed by atoms with Gasteiger partial charge in [0.2, 0.25) is 0 Å². The normalized spacial score (nSPS) is 11.9. The lowest BCUT2D eigenvalue weighted by molar-refractivity contribution is -0.136. The molecule has 0 amide bonds. The number of carbonyl (C=O) groups is 1. The molecule has 80 valence electrons. The molecule has 1 rings (SSSR count). The summed E-state index contributed by atoms with van der Waals surface area (Å²) in [6.45, 7) is 7.75. The minimum Gasteiger partial charge on any atom is -0.466 e. The number of hydrogen-bond acceptors (Lipinski definition) is 2. The van der Waals surface area contributed by atoms with Crippen LogP contribution >= 0.6 is 0 Å². The van der Waals surface area contributed by atoms with Crippen LogP contribution in [0.15, 0.2) is 36.4 Å². The van der Waals surface area contributed by atoms with Crippen LogP contribution in [0.2, 0.25) is 0 Å². The van der Waals surface area contributed by atoms with E-state index in [1.54, 1.807) is 0 Å². The Morgan fingerprint density at radius 3 is 2.53 bits per heavy atom. The second kappa shape index (κ2) is 4.78. The Labute approximate surface area is 90.6 Å². The first-order valence-corrected chi connectivity index (χ1v) is 4.90. The standard InChI is InChI=1S/C13H16O2/c1-9-7-5-6-8-12(9)10(2)11(3)13(14)15-4/h5-8,10H,3H2,1-2,4H3. The van der Waals surface area contributed by atoms with Gasteiger partial charge in [-0.2, -0.15) is 0 Å². The van der Waals surface area contributed by atoms with Crippen molar-refractivity contribution in [2.45, 2.75) is 19.8 Å². The van der Waals surface area contributed by atoms with Gasteiger partial charge >= 0.3 is 5.97 Å². The van der Waals surface area contributed by atoms with Gasteiger partial charge in [-0.15, -0.1) is 0 Å². The maximum atomic E-state index is 11.3. The van der Waals surface area contributed by atoms with Crippen LogP contribution in [0, 0.1) is 6.92 Å². The zero-order chi connectivity index (χ0) is 11.4. The lowest BCUT2D eigenvalue weighted by Crippen LogP contribution is -2.10. The summed E-state index contributed by atoms with van der Waals surface area (Å²) in [5.74, 6) is -0.343. The molecule has 0 radical (unpaired) electrons. The number of benzene rings is 1. The number of carbonyl (C=O) groups excluding carboxylic acids is 1. The van der Waals surface area contributed by atoms with Crippen molar-refractivity contribution in [3.8, 4) is 0 Å². The van der Waals surface area contributed by atoms with Crippen LogP contribution < -0.4 is 0 Å². The van der Waals surface area contributed by atoms with E-state index in [0.717, 1.165) is 11.1 Å². The number of esters is 1. The zero-order valence-electron chi connectivity index (χ0n) is 9.41. The Morgan fingerprint density at radius 1 is 1.40 bits per heavy atom. The van der Waals surface area contributed by atoms with E-state index in [0.29, 0.717) is 5.57 Å². The summed E-state index contributed by atoms with van der Waals surface area (Å²) in [7, 11) is 1.37. The third-order valence-electron chi connectivity index (χ3n) is 2.63. The topological polar surface area (TPSA) is 26.3 Å². The predicted molar refractivity (Wildman–Crippen MR) is 60.8 cm³/mol. The van der Waals surface area contributed by atoms with Crippen LogP contribution in [0.25, 0.3) is 0 Å². The minimum absolute atomic E-state index is 0.00125. The van der Waals surface area contributed by atoms with Gasteiger partial charge < -0.3 is 4.74 Å². The molecule has 0 N–H and O–H groups in total. The van der Waals surface area contributed by atoms with Gasteiger partial charge in [-0.1, -0.05) is 37.8 Å². The minimum atomic E-state index is -0.342. The van der Waals surface area contributed by atoms with Crippen molar-refractivity contribution in [1.82, 2.24) is 0 Å². The predicted octanol–water partition coefficient (Wildman–Crippen LogP) is 2.83. The number of ether oxygens (including phenoxy) is 1. The average Bonchev–Trinajstić information content (AvgIpc) is 2.26. The highest BCUT2D eigenvalue weighted by molar-refractivity contribution is 5.89. The van der Waals surface area contributed by atoms with Crippen molar-refractivity contribution in [3.63, 3.8) is 0 Å². The van der Waals surface area contributed by atoms with E-state index in [9.17, 15) is 4.79 Å². The van der Waals surface area contributed by atoms with E-state index >= 15 is 0 Å². The summed E-state index contributed by atoms with van der Waals surface area (Å²) in [6.07, 6.45) is 0. The van der Waals surface area contributed by atoms with E-state index in [-0.39, 0.29) is 11.9 Å². The van der Waals surface area contributed by atoms with Crippen molar-refractivity contribution in [2.75, 3.05) is 7.11 Å². The molecule has 0 saturated heterocycles. The second-order valence-corrected chi connectivity index (χ2v) is 3.60. The molecule has 1 aromatic carbocycles. The molecule has 1 unspecified atom stereocenters. The second-order valence-electron chi connectivity index (χ2n) is 3.60. The molecule has 0 aliphatic carbocycles. The van der Waals surface area contributed by atoms with Gasteiger partial charge in [-0.05, 0) is 18.1 Å². The fourth-order valence-electron chi connectivity index (χ4n) is 1.57. The van der Waals surface area contributed by atoms with Crippen LogP contribution in [-0.4, -0.2) is 13.1 Å². The molecule has 0 saturated carbocycles. The first-order valence-electron chi connectivity index (χ1n) is 4.90. The molecule has 0 aliphatic rings. The third-order valence-corrected chi connectivity index (χ3v) is 2.63. The number of rotatable bonds is 3. The Morgan fingerprint density at radius 2 is 2.00 bits per heavy atom. The Bertz CT molecular complexity index is 380. The van der Waals surface area contributed by atoms with Crippen molar-refractivity contribution in [2.24, 2.45) is 0 Å². The first kappa shape index (κ1) is 11.5. The highest BCUT2D eigenvalue weighted by atomic mass is 16.5. The molecule has 0 spiro atoms. The van der Waals surface area contributed by atoms with Crippen LogP contribution in [0.3, 0.4) is 0 Å². The molecule has 0 bridgehead atoms. The van der Waals surface area contributed by atoms with Crippen molar-refractivity contribution < 1.29 is 9.53 Å². The van der Waals surface area contributed by atoms with Crippen LogP contribution in [0.5, 0.6) is 0 Å². The maximum Gasteiger partial charge on any atom is 0.333 e. The highest BCUT2D eigenvalue weighted by Crippen LogP contribution is 2.25. The van der Waals surface area contributed by atoms with E-state index < -0.39 is 0 Å². The molecule has 0 fully saturated rings. The largest absolute Gasteiger partial charge is 0.466 e. The van der Waals surface area contributed by atoms with Gasteiger partial charge in [-0.3, -0.25) is 0 Å². The molecule has 15 heavy (non-hydrogen) atoms. The summed E-state index contributed by atoms with van der Waals surface area (Å²) >= 11 is 0. The Kier molecular flexibility index (Phi) is 3.67. The van der Waals surface area contributed by atoms with Gasteiger partial charge in [0.25, 0.3) is 0 Å². The highest BCUT2D eigenvalue weighted by Gasteiger charge is 2.17. The van der Waals surface area contributed by atoms with Crippen LogP contribution in [0.4, 0.5) is 0 Å². The van der Waals surface area contributed by atoms with E-state index in [1.807, 2.05) is 38.1 Å². The van der Waals surface area contributed by atoms with Gasteiger partial charge in [0, 0.05) is 11.5 Å². The van der Waals surface area contributed by atoms with Crippen molar-refractivity contribution in [1.29, 1.82) is 0 Å². The van der Waals surface area contributed by atoms with E-state index in [2.05, 4.69) is 11.3 Å². The molecule has 0 heterocycles. The Balaban J connectivity index is 2.95. The van der Waals surface area contributed by atoms with Crippen molar-refractivity contribution >= 4 is 5.97 Å². The van der Waals surface area contributed by atoms with Crippen LogP contribution in [-0.2, 0) is 9.53 Å². The lowest BCUT2D eigenvalue weighted by Gasteiger charge is -2.15. The van der Waals surface area contributed by atoms with E-state index in [4.69, 9.17) is 0 Å². The van der Waals surface area contributed by atoms with Gasteiger partial charge in [0.1, 0.15) is 0 Å². The third kappa shape index (κ3) is 2.46. The molecule has 1 atom stereocenters. The summed E-state index contributed by atoms with van der Waals surface area (Å²) in [5, 5.41) is 0. The van der Waals surface area contributed by atoms with Crippen LogP contribution in [0.1, 0.15) is 24.0 Å². The van der Waals surface area contributed by atoms with Gasteiger partial charge in [0.15, 0.2) is 0 Å². The number of hydrogen-bond donors (Lipinski definition) is 0.